The van der Waals surface area contributed by atoms with Crippen molar-refractivity contribution >= 4 is 17.7 Å². The van der Waals surface area contributed by atoms with Crippen LogP contribution < -0.4 is 0 Å². The molecule has 0 radical (unpaired) electrons. The summed E-state index contributed by atoms with van der Waals surface area (Å²) in [5.41, 5.74) is 0.887. The highest BCUT2D eigenvalue weighted by molar-refractivity contribution is 7.98. The van der Waals surface area contributed by atoms with E-state index < -0.39 is 5.97 Å². The Kier molecular flexibility index (Phi) is 3.75. The lowest BCUT2D eigenvalue weighted by Crippen LogP contribution is -1.96. The van der Waals surface area contributed by atoms with E-state index >= 15 is 0 Å². The number of carboxylic acids is 1. The van der Waals surface area contributed by atoms with E-state index in [1.165, 1.54) is 0 Å². The molecule has 0 aromatic carbocycles. The Labute approximate surface area is 80.1 Å². The molecular formula is C7H11N3O2S. The summed E-state index contributed by atoms with van der Waals surface area (Å²) in [7, 11) is 1.80. The van der Waals surface area contributed by atoms with Crippen LogP contribution in [0.15, 0.2) is 6.20 Å². The highest BCUT2D eigenvalue weighted by atomic mass is 32.2. The molecule has 1 rings (SSSR count). The summed E-state index contributed by atoms with van der Waals surface area (Å²) in [4.78, 5) is 10.2. The Morgan fingerprint density at radius 1 is 1.77 bits per heavy atom. The van der Waals surface area contributed by atoms with Crippen molar-refractivity contribution in [2.24, 2.45) is 7.05 Å². The van der Waals surface area contributed by atoms with Crippen molar-refractivity contribution in [1.29, 1.82) is 0 Å². The monoisotopic (exact) mass is 201 g/mol. The van der Waals surface area contributed by atoms with Gasteiger partial charge in [-0.3, -0.25) is 9.48 Å². The van der Waals surface area contributed by atoms with Gasteiger partial charge in [0.15, 0.2) is 0 Å². The van der Waals surface area contributed by atoms with Gasteiger partial charge in [0.2, 0.25) is 0 Å². The second-order valence-electron chi connectivity index (χ2n) is 2.58. The van der Waals surface area contributed by atoms with E-state index in [1.54, 1.807) is 23.5 Å². The summed E-state index contributed by atoms with van der Waals surface area (Å²) in [6.45, 7) is 0. The molecule has 0 unspecified atom stereocenters. The van der Waals surface area contributed by atoms with Crippen LogP contribution in [0.4, 0.5) is 0 Å². The minimum atomic E-state index is -0.758. The van der Waals surface area contributed by atoms with Gasteiger partial charge in [0.1, 0.15) is 0 Å². The van der Waals surface area contributed by atoms with Gasteiger partial charge in [0.05, 0.1) is 12.1 Å². The molecule has 5 nitrogen and oxygen atoms in total. The Hall–Kier alpha value is -1.04. The molecular weight excluding hydrogens is 190 g/mol. The third kappa shape index (κ3) is 3.93. The lowest BCUT2D eigenvalue weighted by atomic mass is 10.5. The summed E-state index contributed by atoms with van der Waals surface area (Å²) < 4.78 is 1.63. The first-order chi connectivity index (χ1) is 6.18. The fourth-order valence-electron chi connectivity index (χ4n) is 0.798. The van der Waals surface area contributed by atoms with E-state index in [4.69, 9.17) is 5.11 Å². The Morgan fingerprint density at radius 3 is 3.08 bits per heavy atom. The normalized spacial score (nSPS) is 10.2. The van der Waals surface area contributed by atoms with Crippen molar-refractivity contribution in [3.8, 4) is 0 Å². The SMILES string of the molecule is Cn1cc(CSCCC(=O)O)nn1. The molecule has 1 N–H and O–H groups in total. The van der Waals surface area contributed by atoms with Crippen molar-refractivity contribution in [3.63, 3.8) is 0 Å². The predicted molar refractivity (Wildman–Crippen MR) is 49.4 cm³/mol. The highest BCUT2D eigenvalue weighted by Gasteiger charge is 2.00. The number of thioether (sulfide) groups is 1. The van der Waals surface area contributed by atoms with Gasteiger partial charge < -0.3 is 5.11 Å². The van der Waals surface area contributed by atoms with Crippen LogP contribution in [0.3, 0.4) is 0 Å². The van der Waals surface area contributed by atoms with Crippen LogP contribution in [0, 0.1) is 0 Å². The molecule has 0 aliphatic heterocycles. The summed E-state index contributed by atoms with van der Waals surface area (Å²) in [6.07, 6.45) is 2.03. The van der Waals surface area contributed by atoms with Crippen LogP contribution in [-0.4, -0.2) is 31.8 Å². The average Bonchev–Trinajstić information content (AvgIpc) is 2.45. The minimum Gasteiger partial charge on any atom is -0.481 e. The predicted octanol–water partition coefficient (Wildman–Crippen LogP) is 0.523. The molecule has 0 amide bonds. The zero-order valence-electron chi connectivity index (χ0n) is 7.30. The summed E-state index contributed by atoms with van der Waals surface area (Å²) >= 11 is 1.55. The molecule has 72 valence electrons. The molecule has 0 aliphatic rings. The highest BCUT2D eigenvalue weighted by Crippen LogP contribution is 2.09. The quantitative estimate of drug-likeness (QED) is 0.703. The zero-order valence-corrected chi connectivity index (χ0v) is 8.12. The molecule has 0 fully saturated rings. The smallest absolute Gasteiger partial charge is 0.304 e. The third-order valence-corrected chi connectivity index (χ3v) is 2.35. The Bertz CT molecular complexity index is 287. The van der Waals surface area contributed by atoms with Crippen LogP contribution >= 0.6 is 11.8 Å². The molecule has 13 heavy (non-hydrogen) atoms. The summed E-state index contributed by atoms with van der Waals surface area (Å²) in [6, 6.07) is 0. The molecule has 1 aromatic rings. The number of carboxylic acid groups (broad SMARTS) is 1. The standard InChI is InChI=1S/C7H11N3O2S/c1-10-4-6(8-9-10)5-13-3-2-7(11)12/h4H,2-3,5H2,1H3,(H,11,12). The van der Waals surface area contributed by atoms with Crippen molar-refractivity contribution < 1.29 is 9.90 Å². The Balaban J connectivity index is 2.16. The van der Waals surface area contributed by atoms with Crippen LogP contribution in [0.1, 0.15) is 12.1 Å². The molecule has 1 aromatic heterocycles. The van der Waals surface area contributed by atoms with Gasteiger partial charge in [-0.05, 0) is 0 Å². The minimum absolute atomic E-state index is 0.199. The number of aryl methyl sites for hydroxylation is 1. The number of rotatable bonds is 5. The molecule has 0 atom stereocenters. The van der Waals surface area contributed by atoms with Gasteiger partial charge >= 0.3 is 5.97 Å². The molecule has 6 heteroatoms. The topological polar surface area (TPSA) is 68.0 Å². The van der Waals surface area contributed by atoms with Gasteiger partial charge in [0, 0.05) is 24.8 Å². The fourth-order valence-corrected chi connectivity index (χ4v) is 1.60. The lowest BCUT2D eigenvalue weighted by Gasteiger charge is -1.94. The zero-order chi connectivity index (χ0) is 9.68. The van der Waals surface area contributed by atoms with Crippen LogP contribution in [0.25, 0.3) is 0 Å². The maximum Gasteiger partial charge on any atom is 0.304 e. The van der Waals surface area contributed by atoms with Gasteiger partial charge in [0.25, 0.3) is 0 Å². The van der Waals surface area contributed by atoms with E-state index in [9.17, 15) is 4.79 Å². The largest absolute Gasteiger partial charge is 0.481 e. The van der Waals surface area contributed by atoms with Gasteiger partial charge in [-0.1, -0.05) is 5.21 Å². The number of aromatic nitrogens is 3. The maximum absolute atomic E-state index is 10.2. The first-order valence-corrected chi connectivity index (χ1v) is 4.98. The number of hydrogen-bond donors (Lipinski definition) is 1. The second kappa shape index (κ2) is 4.86. The molecule has 1 heterocycles. The number of carbonyl (C=O) groups is 1. The number of hydrogen-bond acceptors (Lipinski definition) is 4. The maximum atomic E-state index is 10.2. The molecule has 0 spiro atoms. The first kappa shape index (κ1) is 10.0. The third-order valence-electron chi connectivity index (χ3n) is 1.36. The van der Waals surface area contributed by atoms with Crippen molar-refractivity contribution in [2.45, 2.75) is 12.2 Å². The van der Waals surface area contributed by atoms with E-state index in [-0.39, 0.29) is 6.42 Å². The molecule has 0 aliphatic carbocycles. The molecule has 0 saturated heterocycles. The van der Waals surface area contributed by atoms with Crippen molar-refractivity contribution in [2.75, 3.05) is 5.75 Å². The second-order valence-corrected chi connectivity index (χ2v) is 3.69. The fraction of sp³-hybridized carbons (Fsp3) is 0.571. The summed E-state index contributed by atoms with van der Waals surface area (Å²) in [5.74, 6) is 0.583. The lowest BCUT2D eigenvalue weighted by molar-refractivity contribution is -0.136. The van der Waals surface area contributed by atoms with Crippen LogP contribution in [0.2, 0.25) is 0 Å². The van der Waals surface area contributed by atoms with E-state index in [0.29, 0.717) is 5.75 Å². The number of nitrogens with zero attached hydrogens (tertiary/aromatic N) is 3. The van der Waals surface area contributed by atoms with E-state index in [0.717, 1.165) is 11.4 Å². The van der Waals surface area contributed by atoms with E-state index in [1.807, 2.05) is 6.20 Å². The van der Waals surface area contributed by atoms with Crippen molar-refractivity contribution in [1.82, 2.24) is 15.0 Å². The van der Waals surface area contributed by atoms with Crippen LogP contribution in [-0.2, 0) is 17.6 Å². The molecule has 0 bridgehead atoms. The number of aliphatic carboxylic acids is 1. The van der Waals surface area contributed by atoms with Crippen molar-refractivity contribution in [3.05, 3.63) is 11.9 Å². The first-order valence-electron chi connectivity index (χ1n) is 3.83. The molecule has 0 saturated carbocycles. The van der Waals surface area contributed by atoms with Gasteiger partial charge in [-0.2, -0.15) is 11.8 Å². The average molecular weight is 201 g/mol. The van der Waals surface area contributed by atoms with E-state index in [2.05, 4.69) is 10.3 Å². The van der Waals surface area contributed by atoms with Crippen LogP contribution in [0.5, 0.6) is 0 Å². The Morgan fingerprint density at radius 2 is 2.54 bits per heavy atom. The van der Waals surface area contributed by atoms with Gasteiger partial charge in [-0.25, -0.2) is 0 Å². The van der Waals surface area contributed by atoms with Gasteiger partial charge in [-0.15, -0.1) is 5.10 Å². The summed E-state index contributed by atoms with van der Waals surface area (Å²) in [5, 5.41) is 16.0.